The number of ether oxygens (including phenoxy) is 2. The first kappa shape index (κ1) is 13.5. The van der Waals surface area contributed by atoms with E-state index in [0.717, 1.165) is 17.2 Å². The summed E-state index contributed by atoms with van der Waals surface area (Å²) in [4.78, 5) is 12.5. The monoisotopic (exact) mass is 377 g/mol. The van der Waals surface area contributed by atoms with Crippen molar-refractivity contribution in [2.45, 2.75) is 0 Å². The van der Waals surface area contributed by atoms with Crippen molar-refractivity contribution in [1.29, 1.82) is 0 Å². The smallest absolute Gasteiger partial charge is 0.257 e. The molecule has 3 aromatic rings. The molecule has 0 bridgehead atoms. The molecule has 110 valence electrons. The summed E-state index contributed by atoms with van der Waals surface area (Å²) in [5.74, 6) is 0.918. The standard InChI is InChI=1S/C14H8BrN3O3S/c15-8-5-12-11(20-6-21-12)4-7(8)14(19)16-9-2-1-3-10-13(9)18-22-17-10/h1-5H,6H2,(H,16,19). The third kappa shape index (κ3) is 2.20. The van der Waals surface area contributed by atoms with E-state index in [1.165, 1.54) is 0 Å². The van der Waals surface area contributed by atoms with Gasteiger partial charge in [-0.1, -0.05) is 6.07 Å². The van der Waals surface area contributed by atoms with Gasteiger partial charge in [-0.2, -0.15) is 8.75 Å². The van der Waals surface area contributed by atoms with Gasteiger partial charge in [-0.15, -0.1) is 0 Å². The van der Waals surface area contributed by atoms with Gasteiger partial charge in [0, 0.05) is 4.47 Å². The molecule has 4 rings (SSSR count). The number of halogens is 1. The number of hydrogen-bond acceptors (Lipinski definition) is 6. The number of carbonyl (C=O) groups is 1. The van der Waals surface area contributed by atoms with E-state index in [2.05, 4.69) is 30.0 Å². The minimum Gasteiger partial charge on any atom is -0.454 e. The molecule has 2 aromatic carbocycles. The van der Waals surface area contributed by atoms with E-state index in [-0.39, 0.29) is 12.7 Å². The summed E-state index contributed by atoms with van der Waals surface area (Å²) in [5.41, 5.74) is 2.52. The van der Waals surface area contributed by atoms with Gasteiger partial charge in [-0.25, -0.2) is 0 Å². The van der Waals surface area contributed by atoms with Crippen LogP contribution in [-0.2, 0) is 0 Å². The molecule has 22 heavy (non-hydrogen) atoms. The Kier molecular flexibility index (Phi) is 3.20. The highest BCUT2D eigenvalue weighted by Crippen LogP contribution is 2.37. The normalized spacial score (nSPS) is 12.6. The molecular weight excluding hydrogens is 370 g/mol. The van der Waals surface area contributed by atoms with Crippen molar-refractivity contribution in [3.8, 4) is 11.5 Å². The highest BCUT2D eigenvalue weighted by atomic mass is 79.9. The van der Waals surface area contributed by atoms with Crippen LogP contribution in [0.3, 0.4) is 0 Å². The van der Waals surface area contributed by atoms with Crippen LogP contribution < -0.4 is 14.8 Å². The number of carbonyl (C=O) groups excluding carboxylic acids is 1. The number of benzene rings is 2. The van der Waals surface area contributed by atoms with Crippen molar-refractivity contribution in [3.63, 3.8) is 0 Å². The molecule has 0 aliphatic carbocycles. The topological polar surface area (TPSA) is 73.3 Å². The lowest BCUT2D eigenvalue weighted by Crippen LogP contribution is -2.13. The summed E-state index contributed by atoms with van der Waals surface area (Å²) in [6, 6.07) is 8.85. The van der Waals surface area contributed by atoms with E-state index >= 15 is 0 Å². The highest BCUT2D eigenvalue weighted by molar-refractivity contribution is 9.10. The van der Waals surface area contributed by atoms with Gasteiger partial charge in [0.1, 0.15) is 11.0 Å². The Bertz CT molecular complexity index is 896. The number of amides is 1. The van der Waals surface area contributed by atoms with Crippen LogP contribution in [0.25, 0.3) is 11.0 Å². The lowest BCUT2D eigenvalue weighted by atomic mass is 10.1. The molecule has 0 atom stereocenters. The van der Waals surface area contributed by atoms with Crippen molar-refractivity contribution in [1.82, 2.24) is 8.75 Å². The Morgan fingerprint density at radius 1 is 1.23 bits per heavy atom. The molecule has 0 saturated heterocycles. The Morgan fingerprint density at radius 3 is 2.91 bits per heavy atom. The van der Waals surface area contributed by atoms with Gasteiger partial charge < -0.3 is 14.8 Å². The van der Waals surface area contributed by atoms with Crippen molar-refractivity contribution in [2.75, 3.05) is 12.1 Å². The Morgan fingerprint density at radius 2 is 2.05 bits per heavy atom. The van der Waals surface area contributed by atoms with Crippen molar-refractivity contribution in [2.24, 2.45) is 0 Å². The van der Waals surface area contributed by atoms with Crippen molar-refractivity contribution >= 4 is 50.3 Å². The summed E-state index contributed by atoms with van der Waals surface area (Å²) < 4.78 is 19.6. The number of nitrogens with one attached hydrogen (secondary N) is 1. The number of aromatic nitrogens is 2. The second-order valence-corrected chi connectivity index (χ2v) is 5.96. The lowest BCUT2D eigenvalue weighted by Gasteiger charge is -2.08. The van der Waals surface area contributed by atoms with Crippen LogP contribution in [-0.4, -0.2) is 21.4 Å². The fourth-order valence-electron chi connectivity index (χ4n) is 2.19. The third-order valence-corrected chi connectivity index (χ3v) is 4.44. The Balaban J connectivity index is 1.69. The molecule has 1 N–H and O–H groups in total. The summed E-state index contributed by atoms with van der Waals surface area (Å²) in [6.45, 7) is 0.163. The summed E-state index contributed by atoms with van der Waals surface area (Å²) in [5, 5.41) is 2.86. The van der Waals surface area contributed by atoms with Gasteiger partial charge in [-0.05, 0) is 40.2 Å². The van der Waals surface area contributed by atoms with Gasteiger partial charge in [0.15, 0.2) is 11.5 Å². The number of anilines is 1. The molecular formula is C14H8BrN3O3S. The van der Waals surface area contributed by atoms with Gasteiger partial charge in [0.25, 0.3) is 5.91 Å². The fraction of sp³-hybridized carbons (Fsp3) is 0.0714. The highest BCUT2D eigenvalue weighted by Gasteiger charge is 2.20. The first-order valence-electron chi connectivity index (χ1n) is 6.34. The molecule has 6 nitrogen and oxygen atoms in total. The van der Waals surface area contributed by atoms with Crippen LogP contribution in [0.15, 0.2) is 34.8 Å². The first-order chi connectivity index (χ1) is 10.7. The maximum Gasteiger partial charge on any atom is 0.257 e. The van der Waals surface area contributed by atoms with Crippen LogP contribution in [0.5, 0.6) is 11.5 Å². The molecule has 0 fully saturated rings. The van der Waals surface area contributed by atoms with Gasteiger partial charge in [-0.3, -0.25) is 4.79 Å². The number of hydrogen-bond donors (Lipinski definition) is 1. The van der Waals surface area contributed by atoms with E-state index in [1.807, 2.05) is 12.1 Å². The average molecular weight is 378 g/mol. The van der Waals surface area contributed by atoms with Crippen LogP contribution in [0.4, 0.5) is 5.69 Å². The quantitative estimate of drug-likeness (QED) is 0.740. The lowest BCUT2D eigenvalue weighted by molar-refractivity contribution is 0.102. The molecule has 0 spiro atoms. The number of fused-ring (bicyclic) bond motifs is 2. The average Bonchev–Trinajstić information content (AvgIpc) is 3.14. The van der Waals surface area contributed by atoms with Crippen LogP contribution in [0.2, 0.25) is 0 Å². The maximum atomic E-state index is 12.5. The van der Waals surface area contributed by atoms with Crippen molar-refractivity contribution in [3.05, 3.63) is 40.4 Å². The Hall–Kier alpha value is -2.19. The van der Waals surface area contributed by atoms with Gasteiger partial charge in [0.2, 0.25) is 6.79 Å². The first-order valence-corrected chi connectivity index (χ1v) is 7.86. The summed E-state index contributed by atoms with van der Waals surface area (Å²) in [7, 11) is 0. The molecule has 0 unspecified atom stereocenters. The second-order valence-electron chi connectivity index (χ2n) is 4.58. The molecule has 0 saturated carbocycles. The second kappa shape index (κ2) is 5.22. The summed E-state index contributed by atoms with van der Waals surface area (Å²) >= 11 is 4.50. The third-order valence-electron chi connectivity index (χ3n) is 3.24. The van der Waals surface area contributed by atoms with Crippen LogP contribution >= 0.6 is 27.7 Å². The van der Waals surface area contributed by atoms with Crippen LogP contribution in [0.1, 0.15) is 10.4 Å². The largest absolute Gasteiger partial charge is 0.454 e. The van der Waals surface area contributed by atoms with E-state index in [9.17, 15) is 4.79 Å². The fourth-order valence-corrected chi connectivity index (χ4v) is 3.24. The van der Waals surface area contributed by atoms with Crippen molar-refractivity contribution < 1.29 is 14.3 Å². The molecule has 1 aliphatic heterocycles. The zero-order valence-corrected chi connectivity index (χ0v) is 13.4. The van der Waals surface area contributed by atoms with Gasteiger partial charge in [0.05, 0.1) is 23.0 Å². The van der Waals surface area contributed by atoms with Gasteiger partial charge >= 0.3 is 0 Å². The predicted molar refractivity (Wildman–Crippen MR) is 85.6 cm³/mol. The molecule has 2 heterocycles. The SMILES string of the molecule is O=C(Nc1cccc2nsnc12)c1cc2c(cc1Br)OCO2. The molecule has 1 amide bonds. The van der Waals surface area contributed by atoms with E-state index < -0.39 is 0 Å². The van der Waals surface area contributed by atoms with Crippen LogP contribution in [0, 0.1) is 0 Å². The minimum absolute atomic E-state index is 0.163. The number of nitrogens with zero attached hydrogens (tertiary/aromatic N) is 2. The van der Waals surface area contributed by atoms with E-state index in [1.54, 1.807) is 18.2 Å². The minimum atomic E-state index is -0.259. The van der Waals surface area contributed by atoms with E-state index in [0.29, 0.717) is 32.7 Å². The zero-order chi connectivity index (χ0) is 15.1. The number of rotatable bonds is 2. The molecule has 8 heteroatoms. The molecule has 1 aromatic heterocycles. The Labute approximate surface area is 137 Å². The predicted octanol–water partition coefficient (Wildman–Crippen LogP) is 3.43. The molecule has 1 aliphatic rings. The zero-order valence-electron chi connectivity index (χ0n) is 11.0. The van der Waals surface area contributed by atoms with E-state index in [4.69, 9.17) is 9.47 Å². The summed E-state index contributed by atoms with van der Waals surface area (Å²) in [6.07, 6.45) is 0. The maximum absolute atomic E-state index is 12.5. The molecule has 0 radical (unpaired) electrons.